The van der Waals surface area contributed by atoms with Crippen LogP contribution >= 0.6 is 0 Å². The highest BCUT2D eigenvalue weighted by Gasteiger charge is 2.46. The van der Waals surface area contributed by atoms with Crippen LogP contribution in [0.1, 0.15) is 38.5 Å². The Morgan fingerprint density at radius 2 is 1.81 bits per heavy atom. The molecule has 120 valence electrons. The highest BCUT2D eigenvalue weighted by Crippen LogP contribution is 2.34. The average molecular weight is 316 g/mol. The summed E-state index contributed by atoms with van der Waals surface area (Å²) in [6, 6.07) is 0.326. The maximum absolute atomic E-state index is 12.8. The highest BCUT2D eigenvalue weighted by atomic mass is 32.2. The molecular formula is C14H24N2O4S. The van der Waals surface area contributed by atoms with Gasteiger partial charge in [-0.15, -0.1) is 0 Å². The Labute approximate surface area is 126 Å². The van der Waals surface area contributed by atoms with E-state index < -0.39 is 27.2 Å². The molecule has 0 amide bonds. The van der Waals surface area contributed by atoms with E-state index in [2.05, 4.69) is 4.90 Å². The molecule has 0 aromatic carbocycles. The molecule has 2 heterocycles. The number of rotatable bonds is 3. The first-order valence-corrected chi connectivity index (χ1v) is 9.46. The van der Waals surface area contributed by atoms with Crippen molar-refractivity contribution in [1.82, 2.24) is 9.21 Å². The van der Waals surface area contributed by atoms with Crippen molar-refractivity contribution in [3.05, 3.63) is 0 Å². The number of aliphatic carboxylic acids is 1. The number of carboxylic acid groups (broad SMARTS) is 1. The molecule has 7 heteroatoms. The Morgan fingerprint density at radius 1 is 1.00 bits per heavy atom. The van der Waals surface area contributed by atoms with Crippen molar-refractivity contribution in [1.29, 1.82) is 0 Å². The van der Waals surface area contributed by atoms with Crippen molar-refractivity contribution in [3.8, 4) is 0 Å². The maximum Gasteiger partial charge on any atom is 0.307 e. The number of carbonyl (C=O) groups is 1. The number of nitrogens with zero attached hydrogens (tertiary/aromatic N) is 2. The smallest absolute Gasteiger partial charge is 0.307 e. The molecule has 1 N–H and O–H groups in total. The molecule has 0 radical (unpaired) electrons. The van der Waals surface area contributed by atoms with Crippen LogP contribution in [0.4, 0.5) is 0 Å². The number of piperidine rings is 1. The third kappa shape index (κ3) is 2.83. The fraction of sp³-hybridized carbons (Fsp3) is 0.929. The van der Waals surface area contributed by atoms with Crippen LogP contribution < -0.4 is 0 Å². The molecule has 2 aliphatic heterocycles. The van der Waals surface area contributed by atoms with Gasteiger partial charge in [-0.25, -0.2) is 8.42 Å². The van der Waals surface area contributed by atoms with Gasteiger partial charge in [0.25, 0.3) is 0 Å². The SMILES string of the molecule is O=C(O)C1CCCC1S(=O)(=O)N1CCN2CCCCC2C1. The Morgan fingerprint density at radius 3 is 2.57 bits per heavy atom. The van der Waals surface area contributed by atoms with Crippen molar-refractivity contribution in [2.24, 2.45) is 5.92 Å². The van der Waals surface area contributed by atoms with E-state index in [0.29, 0.717) is 38.4 Å². The summed E-state index contributed by atoms with van der Waals surface area (Å²) in [7, 11) is -3.48. The summed E-state index contributed by atoms with van der Waals surface area (Å²) in [6.07, 6.45) is 5.10. The monoisotopic (exact) mass is 316 g/mol. The number of sulfonamides is 1. The zero-order chi connectivity index (χ0) is 15.0. The Bertz CT molecular complexity index is 507. The summed E-state index contributed by atoms with van der Waals surface area (Å²) in [5.74, 6) is -1.68. The van der Waals surface area contributed by atoms with E-state index in [1.54, 1.807) is 4.31 Å². The first kappa shape index (κ1) is 15.2. The summed E-state index contributed by atoms with van der Waals surface area (Å²) >= 11 is 0. The highest BCUT2D eigenvalue weighted by molar-refractivity contribution is 7.89. The second-order valence-electron chi connectivity index (χ2n) is 6.50. The van der Waals surface area contributed by atoms with Crippen LogP contribution in [0.25, 0.3) is 0 Å². The second-order valence-corrected chi connectivity index (χ2v) is 8.65. The molecule has 3 aliphatic rings. The fourth-order valence-electron chi connectivity index (χ4n) is 4.12. The van der Waals surface area contributed by atoms with E-state index in [-0.39, 0.29) is 0 Å². The molecule has 0 bridgehead atoms. The number of carboxylic acids is 1. The minimum absolute atomic E-state index is 0.326. The summed E-state index contributed by atoms with van der Waals surface area (Å²) in [5, 5.41) is 8.52. The lowest BCUT2D eigenvalue weighted by Gasteiger charge is -2.44. The quantitative estimate of drug-likeness (QED) is 0.831. The second kappa shape index (κ2) is 5.85. The topological polar surface area (TPSA) is 77.9 Å². The Hall–Kier alpha value is -0.660. The van der Waals surface area contributed by atoms with Crippen LogP contribution in [0.15, 0.2) is 0 Å². The summed E-state index contributed by atoms with van der Waals surface area (Å²) < 4.78 is 27.2. The Balaban J connectivity index is 1.74. The third-order valence-corrected chi connectivity index (χ3v) is 7.69. The summed E-state index contributed by atoms with van der Waals surface area (Å²) in [4.78, 5) is 13.7. The lowest BCUT2D eigenvalue weighted by Crippen LogP contribution is -2.57. The van der Waals surface area contributed by atoms with Crippen LogP contribution in [-0.4, -0.2) is 66.2 Å². The van der Waals surface area contributed by atoms with Crippen LogP contribution in [0.2, 0.25) is 0 Å². The van der Waals surface area contributed by atoms with Crippen molar-refractivity contribution < 1.29 is 18.3 Å². The van der Waals surface area contributed by atoms with Gasteiger partial charge < -0.3 is 5.11 Å². The van der Waals surface area contributed by atoms with E-state index in [4.69, 9.17) is 0 Å². The van der Waals surface area contributed by atoms with Gasteiger partial charge >= 0.3 is 5.97 Å². The van der Waals surface area contributed by atoms with Gasteiger partial charge in [-0.05, 0) is 32.2 Å². The van der Waals surface area contributed by atoms with Gasteiger partial charge in [0.2, 0.25) is 10.0 Å². The van der Waals surface area contributed by atoms with E-state index in [0.717, 1.165) is 25.9 Å². The minimum Gasteiger partial charge on any atom is -0.481 e. The molecule has 3 atom stereocenters. The van der Waals surface area contributed by atoms with Gasteiger partial charge in [0.15, 0.2) is 0 Å². The normalized spacial score (nSPS) is 35.5. The Kier molecular flexibility index (Phi) is 4.25. The zero-order valence-corrected chi connectivity index (χ0v) is 13.1. The van der Waals surface area contributed by atoms with Crippen molar-refractivity contribution in [2.75, 3.05) is 26.2 Å². The predicted molar refractivity (Wildman–Crippen MR) is 78.5 cm³/mol. The van der Waals surface area contributed by atoms with Crippen LogP contribution in [0.3, 0.4) is 0 Å². The number of hydrogen-bond acceptors (Lipinski definition) is 4. The molecule has 3 fully saturated rings. The standard InChI is InChI=1S/C14H24N2O4S/c17-14(18)12-5-3-6-13(12)21(19,20)16-9-8-15-7-2-1-4-11(15)10-16/h11-13H,1-10H2,(H,17,18). The molecule has 2 saturated heterocycles. The molecule has 6 nitrogen and oxygen atoms in total. The molecule has 1 aliphatic carbocycles. The molecule has 0 aromatic rings. The lowest BCUT2D eigenvalue weighted by molar-refractivity contribution is -0.141. The summed E-state index contributed by atoms with van der Waals surface area (Å²) in [6.45, 7) is 2.92. The van der Waals surface area contributed by atoms with E-state index in [1.165, 1.54) is 6.42 Å². The minimum atomic E-state index is -3.48. The number of fused-ring (bicyclic) bond motifs is 1. The van der Waals surface area contributed by atoms with E-state index >= 15 is 0 Å². The zero-order valence-electron chi connectivity index (χ0n) is 12.3. The van der Waals surface area contributed by atoms with Gasteiger partial charge in [-0.2, -0.15) is 4.31 Å². The molecule has 3 rings (SSSR count). The van der Waals surface area contributed by atoms with E-state index in [1.807, 2.05) is 0 Å². The molecule has 0 aromatic heterocycles. The molecule has 3 unspecified atom stereocenters. The van der Waals surface area contributed by atoms with Gasteiger partial charge in [0.05, 0.1) is 11.2 Å². The largest absolute Gasteiger partial charge is 0.481 e. The first-order chi connectivity index (χ1) is 10.00. The molecular weight excluding hydrogens is 292 g/mol. The molecule has 0 spiro atoms. The number of hydrogen-bond donors (Lipinski definition) is 1. The van der Waals surface area contributed by atoms with Gasteiger partial charge in [0.1, 0.15) is 0 Å². The van der Waals surface area contributed by atoms with Crippen LogP contribution in [-0.2, 0) is 14.8 Å². The third-order valence-electron chi connectivity index (χ3n) is 5.31. The van der Waals surface area contributed by atoms with Crippen molar-refractivity contribution >= 4 is 16.0 Å². The van der Waals surface area contributed by atoms with Gasteiger partial charge in [0, 0.05) is 25.7 Å². The molecule has 21 heavy (non-hydrogen) atoms. The first-order valence-electron chi connectivity index (χ1n) is 7.96. The van der Waals surface area contributed by atoms with Gasteiger partial charge in [-0.3, -0.25) is 9.69 Å². The van der Waals surface area contributed by atoms with Gasteiger partial charge in [-0.1, -0.05) is 12.8 Å². The van der Waals surface area contributed by atoms with Crippen LogP contribution in [0.5, 0.6) is 0 Å². The maximum atomic E-state index is 12.8. The van der Waals surface area contributed by atoms with Crippen LogP contribution in [0, 0.1) is 5.92 Å². The average Bonchev–Trinajstić information content (AvgIpc) is 2.97. The fourth-order valence-corrected chi connectivity index (χ4v) is 6.35. The van der Waals surface area contributed by atoms with Crippen molar-refractivity contribution in [3.63, 3.8) is 0 Å². The lowest BCUT2D eigenvalue weighted by atomic mass is 10.0. The molecule has 1 saturated carbocycles. The predicted octanol–water partition coefficient (Wildman–Crippen LogP) is 0.740. The number of piperazine rings is 1. The van der Waals surface area contributed by atoms with Crippen molar-refractivity contribution in [2.45, 2.75) is 49.8 Å². The summed E-state index contributed by atoms with van der Waals surface area (Å²) in [5.41, 5.74) is 0. The van der Waals surface area contributed by atoms with E-state index in [9.17, 15) is 18.3 Å².